The van der Waals surface area contributed by atoms with Gasteiger partial charge < -0.3 is 10.2 Å². The van der Waals surface area contributed by atoms with Gasteiger partial charge in [0.05, 0.1) is 11.9 Å². The van der Waals surface area contributed by atoms with Crippen molar-refractivity contribution in [2.45, 2.75) is 69.7 Å². The zero-order valence-corrected chi connectivity index (χ0v) is 24.8. The molecule has 8 heteroatoms. The molecule has 0 unspecified atom stereocenters. The van der Waals surface area contributed by atoms with Gasteiger partial charge in [0.25, 0.3) is 0 Å². The largest absolute Gasteiger partial charge is 0.357 e. The van der Waals surface area contributed by atoms with E-state index >= 15 is 0 Å². The summed E-state index contributed by atoms with van der Waals surface area (Å²) in [5.74, 6) is 1.83. The summed E-state index contributed by atoms with van der Waals surface area (Å²) < 4.78 is 27.1. The molecular weight excluding hydrogens is 522 g/mol. The van der Waals surface area contributed by atoms with Crippen LogP contribution in [0.3, 0.4) is 0 Å². The third-order valence-electron chi connectivity index (χ3n) is 9.60. The normalized spacial score (nSPS) is 25.8. The van der Waals surface area contributed by atoms with Gasteiger partial charge in [-0.25, -0.2) is 8.42 Å². The van der Waals surface area contributed by atoms with Crippen molar-refractivity contribution in [1.82, 2.24) is 10.2 Å². The number of likely N-dealkylation sites (N-methyl/N-ethyl adjacent to an activating group) is 1. The van der Waals surface area contributed by atoms with Crippen LogP contribution in [0.4, 0.5) is 5.69 Å². The molecule has 0 saturated heterocycles. The smallest absolute Gasteiger partial charge is 0.244 e. The highest BCUT2D eigenvalue weighted by atomic mass is 32.2. The van der Waals surface area contributed by atoms with Crippen LogP contribution in [0.25, 0.3) is 0 Å². The molecule has 40 heavy (non-hydrogen) atoms. The van der Waals surface area contributed by atoms with E-state index in [1.165, 1.54) is 53.3 Å². The summed E-state index contributed by atoms with van der Waals surface area (Å²) in [5, 5.41) is 2.66. The summed E-state index contributed by atoms with van der Waals surface area (Å²) in [6, 6.07) is 17.0. The second-order valence-electron chi connectivity index (χ2n) is 12.4. The molecule has 2 amide bonds. The molecule has 2 aromatic carbocycles. The van der Waals surface area contributed by atoms with Crippen molar-refractivity contribution >= 4 is 27.5 Å². The van der Waals surface area contributed by atoms with Crippen LogP contribution in [0.5, 0.6) is 0 Å². The minimum atomic E-state index is -3.74. The highest BCUT2D eigenvalue weighted by molar-refractivity contribution is 7.92. The first-order chi connectivity index (χ1) is 19.1. The Hall–Kier alpha value is -2.87. The quantitative estimate of drug-likeness (QED) is 0.434. The summed E-state index contributed by atoms with van der Waals surface area (Å²) in [6.07, 6.45) is 9.96. The molecule has 4 saturated carbocycles. The monoisotopic (exact) mass is 565 g/mol. The lowest BCUT2D eigenvalue weighted by molar-refractivity contribution is -0.139. The lowest BCUT2D eigenvalue weighted by Crippen LogP contribution is -2.52. The molecule has 4 aliphatic rings. The first-order valence-corrected chi connectivity index (χ1v) is 16.6. The SMILES string of the molecule is CC[C@@H](C(=O)NC)N(CCc1ccccc1)C(=O)CN(c1ccc(C23CC4CC(CC(C4)C2)C3)cc1)S(C)(=O)=O. The van der Waals surface area contributed by atoms with Crippen LogP contribution in [-0.4, -0.2) is 57.6 Å². The molecule has 6 rings (SSSR count). The van der Waals surface area contributed by atoms with Gasteiger partial charge in [-0.15, -0.1) is 0 Å². The Morgan fingerprint density at radius 2 is 1.52 bits per heavy atom. The van der Waals surface area contributed by atoms with Crippen LogP contribution in [0.15, 0.2) is 54.6 Å². The van der Waals surface area contributed by atoms with Crippen molar-refractivity contribution in [2.75, 3.05) is 30.7 Å². The summed E-state index contributed by atoms with van der Waals surface area (Å²) in [5.41, 5.74) is 3.06. The Labute approximate surface area is 239 Å². The number of benzene rings is 2. The van der Waals surface area contributed by atoms with Gasteiger partial charge >= 0.3 is 0 Å². The zero-order chi connectivity index (χ0) is 28.5. The topological polar surface area (TPSA) is 86.8 Å². The van der Waals surface area contributed by atoms with E-state index in [9.17, 15) is 18.0 Å². The van der Waals surface area contributed by atoms with Crippen molar-refractivity contribution in [1.29, 1.82) is 0 Å². The minimum Gasteiger partial charge on any atom is -0.357 e. The highest BCUT2D eigenvalue weighted by Gasteiger charge is 2.51. The van der Waals surface area contributed by atoms with E-state index < -0.39 is 16.1 Å². The van der Waals surface area contributed by atoms with Gasteiger partial charge in [-0.05, 0) is 97.8 Å². The van der Waals surface area contributed by atoms with E-state index in [1.807, 2.05) is 49.4 Å². The third-order valence-corrected chi connectivity index (χ3v) is 10.7. The standard InChI is InChI=1S/C32H43N3O4S/c1-4-29(31(37)33-2)34(15-14-23-8-6-5-7-9-23)30(36)22-35(40(3,38)39)28-12-10-27(11-13-28)32-19-24-16-25(20-32)18-26(17-24)21-32/h5-13,24-26,29H,4,14-22H2,1-3H3,(H,33,37)/t24?,25?,26?,29-,32?/m0/s1. The molecule has 0 aromatic heterocycles. The fourth-order valence-electron chi connectivity index (χ4n) is 8.12. The fraction of sp³-hybridized carbons (Fsp3) is 0.562. The molecule has 4 aliphatic carbocycles. The Kier molecular flexibility index (Phi) is 8.27. The Morgan fingerprint density at radius 3 is 2.02 bits per heavy atom. The van der Waals surface area contributed by atoms with E-state index in [-0.39, 0.29) is 23.8 Å². The average molecular weight is 566 g/mol. The van der Waals surface area contributed by atoms with Gasteiger partial charge in [0.15, 0.2) is 0 Å². The highest BCUT2D eigenvalue weighted by Crippen LogP contribution is 2.60. The predicted molar refractivity (Wildman–Crippen MR) is 158 cm³/mol. The van der Waals surface area contributed by atoms with Crippen molar-refractivity contribution in [2.24, 2.45) is 17.8 Å². The fourth-order valence-corrected chi connectivity index (χ4v) is 8.97. The maximum atomic E-state index is 13.8. The van der Waals surface area contributed by atoms with Crippen LogP contribution in [0.2, 0.25) is 0 Å². The molecule has 4 bridgehead atoms. The van der Waals surface area contributed by atoms with Gasteiger partial charge in [-0.3, -0.25) is 13.9 Å². The maximum absolute atomic E-state index is 13.8. The number of nitrogens with zero attached hydrogens (tertiary/aromatic N) is 2. The molecule has 4 fully saturated rings. The van der Waals surface area contributed by atoms with Gasteiger partial charge in [-0.2, -0.15) is 0 Å². The van der Waals surface area contributed by atoms with Gasteiger partial charge in [0, 0.05) is 13.6 Å². The van der Waals surface area contributed by atoms with Crippen molar-refractivity contribution < 1.29 is 18.0 Å². The molecule has 2 aromatic rings. The number of anilines is 1. The van der Waals surface area contributed by atoms with Crippen LogP contribution < -0.4 is 9.62 Å². The van der Waals surface area contributed by atoms with Crippen molar-refractivity contribution in [3.63, 3.8) is 0 Å². The molecular formula is C32H43N3O4S. The summed E-state index contributed by atoms with van der Waals surface area (Å²) in [4.78, 5) is 28.0. The Morgan fingerprint density at radius 1 is 0.950 bits per heavy atom. The van der Waals surface area contributed by atoms with Crippen LogP contribution in [0.1, 0.15) is 63.0 Å². The first kappa shape index (κ1) is 28.7. The number of carbonyl (C=O) groups excluding carboxylic acids is 2. The number of hydrogen-bond acceptors (Lipinski definition) is 4. The molecule has 1 N–H and O–H groups in total. The molecule has 216 valence electrons. The summed E-state index contributed by atoms with van der Waals surface area (Å²) >= 11 is 0. The van der Waals surface area contributed by atoms with Crippen LogP contribution in [-0.2, 0) is 31.4 Å². The maximum Gasteiger partial charge on any atom is 0.244 e. The zero-order valence-electron chi connectivity index (χ0n) is 24.0. The van der Waals surface area contributed by atoms with E-state index in [0.717, 1.165) is 29.6 Å². The summed E-state index contributed by atoms with van der Waals surface area (Å²) in [7, 11) is -2.19. The predicted octanol–water partition coefficient (Wildman–Crippen LogP) is 4.52. The molecule has 7 nitrogen and oxygen atoms in total. The molecule has 0 aliphatic heterocycles. The molecule has 0 radical (unpaired) electrons. The molecule has 0 spiro atoms. The number of rotatable bonds is 11. The number of nitrogens with one attached hydrogen (secondary N) is 1. The van der Waals surface area contributed by atoms with E-state index in [4.69, 9.17) is 0 Å². The number of carbonyl (C=O) groups is 2. The van der Waals surface area contributed by atoms with Gasteiger partial charge in [0.2, 0.25) is 21.8 Å². The Bertz CT molecular complexity index is 1270. The Balaban J connectivity index is 1.37. The lowest BCUT2D eigenvalue weighted by atomic mass is 9.48. The van der Waals surface area contributed by atoms with E-state index in [0.29, 0.717) is 25.1 Å². The van der Waals surface area contributed by atoms with Crippen LogP contribution in [0, 0.1) is 17.8 Å². The third kappa shape index (κ3) is 5.92. The number of sulfonamides is 1. The second kappa shape index (κ2) is 11.6. The molecule has 0 heterocycles. The number of amides is 2. The van der Waals surface area contributed by atoms with Gasteiger partial charge in [0.1, 0.15) is 12.6 Å². The van der Waals surface area contributed by atoms with Crippen molar-refractivity contribution in [3.8, 4) is 0 Å². The minimum absolute atomic E-state index is 0.217. The van der Waals surface area contributed by atoms with E-state index in [1.54, 1.807) is 7.05 Å². The van der Waals surface area contributed by atoms with Crippen LogP contribution >= 0.6 is 0 Å². The lowest BCUT2D eigenvalue weighted by Gasteiger charge is -2.57. The van der Waals surface area contributed by atoms with Crippen molar-refractivity contribution in [3.05, 3.63) is 65.7 Å². The summed E-state index contributed by atoms with van der Waals surface area (Å²) in [6.45, 7) is 1.83. The second-order valence-corrected chi connectivity index (χ2v) is 14.3. The number of hydrogen-bond donors (Lipinski definition) is 1. The molecule has 1 atom stereocenters. The average Bonchev–Trinajstić information content (AvgIpc) is 2.93. The van der Waals surface area contributed by atoms with E-state index in [2.05, 4.69) is 17.4 Å². The van der Waals surface area contributed by atoms with Gasteiger partial charge in [-0.1, -0.05) is 49.4 Å². The first-order valence-electron chi connectivity index (χ1n) is 14.7.